The second-order valence-electron chi connectivity index (χ2n) is 9.04. The highest BCUT2D eigenvalue weighted by molar-refractivity contribution is 8.00. The summed E-state index contributed by atoms with van der Waals surface area (Å²) in [6.07, 6.45) is 1.56. The van der Waals surface area contributed by atoms with Crippen molar-refractivity contribution in [3.63, 3.8) is 0 Å². The third-order valence-electron chi connectivity index (χ3n) is 5.90. The van der Waals surface area contributed by atoms with Gasteiger partial charge >= 0.3 is 5.97 Å². The third kappa shape index (κ3) is 8.57. The Morgan fingerprint density at radius 1 is 0.762 bits per heavy atom. The lowest BCUT2D eigenvalue weighted by Gasteiger charge is -2.14. The summed E-state index contributed by atoms with van der Waals surface area (Å²) in [4.78, 5) is 50.5. The van der Waals surface area contributed by atoms with Crippen LogP contribution in [0.4, 0.5) is 11.4 Å². The number of thioether (sulfide) groups is 1. The first-order chi connectivity index (χ1) is 20.2. The van der Waals surface area contributed by atoms with Gasteiger partial charge in [0.2, 0.25) is 5.91 Å². The van der Waals surface area contributed by atoms with Crippen molar-refractivity contribution in [2.75, 3.05) is 10.6 Å². The van der Waals surface area contributed by atoms with E-state index in [1.807, 2.05) is 0 Å². The number of hydrogen-bond donors (Lipinski definition) is 4. The lowest BCUT2D eigenvalue weighted by atomic mass is 10.1. The van der Waals surface area contributed by atoms with E-state index >= 15 is 0 Å². The van der Waals surface area contributed by atoms with Gasteiger partial charge in [-0.25, -0.2) is 4.79 Å². The van der Waals surface area contributed by atoms with Crippen molar-refractivity contribution in [2.24, 2.45) is 0 Å². The number of carbonyl (C=O) groups is 4. The summed E-state index contributed by atoms with van der Waals surface area (Å²) >= 11 is 7.31. The molecule has 10 heteroatoms. The van der Waals surface area contributed by atoms with Crippen LogP contribution in [0.3, 0.4) is 0 Å². The highest BCUT2D eigenvalue weighted by Crippen LogP contribution is 2.26. The summed E-state index contributed by atoms with van der Waals surface area (Å²) in [6, 6.07) is 28.3. The van der Waals surface area contributed by atoms with E-state index in [0.717, 1.165) is 4.90 Å². The molecule has 1 atom stereocenters. The van der Waals surface area contributed by atoms with Gasteiger partial charge < -0.3 is 21.1 Å². The number of amides is 3. The Morgan fingerprint density at radius 3 is 1.98 bits per heavy atom. The lowest BCUT2D eigenvalue weighted by Crippen LogP contribution is -2.30. The number of carboxylic acid groups (broad SMARTS) is 1. The number of nitrogens with one attached hydrogen (secondary N) is 3. The summed E-state index contributed by atoms with van der Waals surface area (Å²) in [6.45, 7) is 1.75. The van der Waals surface area contributed by atoms with Crippen molar-refractivity contribution < 1.29 is 24.3 Å². The minimum absolute atomic E-state index is 0.0475. The quantitative estimate of drug-likeness (QED) is 0.121. The van der Waals surface area contributed by atoms with E-state index in [1.54, 1.807) is 91.9 Å². The van der Waals surface area contributed by atoms with Crippen LogP contribution in [0.5, 0.6) is 0 Å². The van der Waals surface area contributed by atoms with Crippen molar-refractivity contribution >= 4 is 64.5 Å². The first-order valence-corrected chi connectivity index (χ1v) is 14.0. The van der Waals surface area contributed by atoms with Crippen molar-refractivity contribution in [2.45, 2.75) is 17.1 Å². The maximum atomic E-state index is 13.2. The predicted molar refractivity (Wildman–Crippen MR) is 166 cm³/mol. The zero-order valence-corrected chi connectivity index (χ0v) is 23.9. The van der Waals surface area contributed by atoms with Gasteiger partial charge in [-0.05, 0) is 91.4 Å². The highest BCUT2D eigenvalue weighted by Gasteiger charge is 2.17. The highest BCUT2D eigenvalue weighted by atomic mass is 35.5. The second kappa shape index (κ2) is 14.2. The van der Waals surface area contributed by atoms with E-state index in [2.05, 4.69) is 16.0 Å². The molecule has 4 aromatic carbocycles. The minimum Gasteiger partial charge on any atom is -0.478 e. The number of hydrogen-bond acceptors (Lipinski definition) is 5. The third-order valence-corrected chi connectivity index (χ3v) is 7.27. The van der Waals surface area contributed by atoms with Crippen LogP contribution < -0.4 is 16.0 Å². The van der Waals surface area contributed by atoms with Gasteiger partial charge in [-0.1, -0.05) is 41.9 Å². The zero-order chi connectivity index (χ0) is 30.1. The molecule has 42 heavy (non-hydrogen) atoms. The Labute approximate surface area is 251 Å². The molecule has 0 spiro atoms. The fraction of sp³-hybridized carbons (Fsp3) is 0.0625. The average Bonchev–Trinajstić information content (AvgIpc) is 2.99. The molecule has 0 saturated heterocycles. The van der Waals surface area contributed by atoms with Gasteiger partial charge in [-0.3, -0.25) is 14.4 Å². The first-order valence-electron chi connectivity index (χ1n) is 12.7. The molecule has 1 unspecified atom stereocenters. The van der Waals surface area contributed by atoms with Crippen LogP contribution in [0.15, 0.2) is 114 Å². The van der Waals surface area contributed by atoms with Crippen LogP contribution in [-0.2, 0) is 9.59 Å². The molecule has 0 heterocycles. The van der Waals surface area contributed by atoms with Gasteiger partial charge in [0.1, 0.15) is 5.70 Å². The standard InChI is InChI=1S/C32H26ClN3O5S/c1-20(29(37)34-25-13-9-23(10-14-25)32(40)41)42-27-17-15-26(16-18-27)35-31(39)28(19-21-7-11-24(33)12-8-21)36-30(38)22-5-3-2-4-6-22/h2-20H,1H3,(H,34,37)(H,35,39)(H,36,38)(H,40,41)/b28-19-. The summed E-state index contributed by atoms with van der Waals surface area (Å²) in [5.74, 6) is -2.23. The zero-order valence-electron chi connectivity index (χ0n) is 22.3. The first kappa shape index (κ1) is 30.1. The van der Waals surface area contributed by atoms with E-state index in [4.69, 9.17) is 16.7 Å². The Kier molecular flexibility index (Phi) is 10.1. The molecule has 0 saturated carbocycles. The Morgan fingerprint density at radius 2 is 1.36 bits per heavy atom. The van der Waals surface area contributed by atoms with Crippen LogP contribution >= 0.6 is 23.4 Å². The summed E-state index contributed by atoms with van der Waals surface area (Å²) in [5.41, 5.74) is 2.26. The summed E-state index contributed by atoms with van der Waals surface area (Å²) < 4.78 is 0. The number of benzene rings is 4. The van der Waals surface area contributed by atoms with Crippen molar-refractivity contribution in [1.82, 2.24) is 5.32 Å². The van der Waals surface area contributed by atoms with E-state index in [0.29, 0.717) is 27.5 Å². The number of halogens is 1. The molecule has 0 aliphatic rings. The molecule has 0 radical (unpaired) electrons. The molecule has 4 rings (SSSR count). The molecule has 0 aliphatic carbocycles. The van der Waals surface area contributed by atoms with E-state index in [1.165, 1.54) is 36.0 Å². The number of anilines is 2. The fourth-order valence-corrected chi connectivity index (χ4v) is 4.67. The Balaban J connectivity index is 1.40. The van der Waals surface area contributed by atoms with Gasteiger partial charge in [0.25, 0.3) is 11.8 Å². The van der Waals surface area contributed by atoms with Gasteiger partial charge in [0.05, 0.1) is 10.8 Å². The molecule has 0 aliphatic heterocycles. The monoisotopic (exact) mass is 599 g/mol. The van der Waals surface area contributed by atoms with E-state index in [-0.39, 0.29) is 17.2 Å². The van der Waals surface area contributed by atoms with Gasteiger partial charge in [-0.2, -0.15) is 0 Å². The molecule has 3 amide bonds. The Bertz CT molecular complexity index is 1610. The molecule has 4 aromatic rings. The van der Waals surface area contributed by atoms with Crippen molar-refractivity contribution in [1.29, 1.82) is 0 Å². The minimum atomic E-state index is -1.04. The molecule has 212 valence electrons. The number of carboxylic acids is 1. The molecular formula is C32H26ClN3O5S. The number of rotatable bonds is 10. The van der Waals surface area contributed by atoms with Crippen LogP contribution in [-0.4, -0.2) is 34.0 Å². The summed E-state index contributed by atoms with van der Waals surface area (Å²) in [7, 11) is 0. The van der Waals surface area contributed by atoms with Crippen LogP contribution in [0.2, 0.25) is 5.02 Å². The maximum Gasteiger partial charge on any atom is 0.335 e. The van der Waals surface area contributed by atoms with Crippen LogP contribution in [0, 0.1) is 0 Å². The van der Waals surface area contributed by atoms with E-state index < -0.39 is 23.0 Å². The van der Waals surface area contributed by atoms with E-state index in [9.17, 15) is 19.2 Å². The van der Waals surface area contributed by atoms with Gasteiger partial charge in [-0.15, -0.1) is 11.8 Å². The average molecular weight is 600 g/mol. The molecule has 0 fully saturated rings. The van der Waals surface area contributed by atoms with Crippen LogP contribution in [0.1, 0.15) is 33.2 Å². The molecule has 8 nitrogen and oxygen atoms in total. The number of aromatic carboxylic acids is 1. The molecular weight excluding hydrogens is 574 g/mol. The topological polar surface area (TPSA) is 125 Å². The lowest BCUT2D eigenvalue weighted by molar-refractivity contribution is -0.115. The van der Waals surface area contributed by atoms with Crippen LogP contribution in [0.25, 0.3) is 6.08 Å². The predicted octanol–water partition coefficient (Wildman–Crippen LogP) is 6.57. The SMILES string of the molecule is CC(Sc1ccc(NC(=O)/C(=C/c2ccc(Cl)cc2)NC(=O)c2ccccc2)cc1)C(=O)Nc1ccc(C(=O)O)cc1. The normalized spacial score (nSPS) is 11.7. The largest absolute Gasteiger partial charge is 0.478 e. The van der Waals surface area contributed by atoms with Gasteiger partial charge in [0.15, 0.2) is 0 Å². The van der Waals surface area contributed by atoms with Crippen molar-refractivity contribution in [3.05, 3.63) is 131 Å². The molecule has 0 bridgehead atoms. The second-order valence-corrected chi connectivity index (χ2v) is 10.9. The smallest absolute Gasteiger partial charge is 0.335 e. The molecule has 0 aromatic heterocycles. The van der Waals surface area contributed by atoms with Crippen molar-refractivity contribution in [3.8, 4) is 0 Å². The number of carbonyl (C=O) groups excluding carboxylic acids is 3. The van der Waals surface area contributed by atoms with Gasteiger partial charge in [0, 0.05) is 26.9 Å². The fourth-order valence-electron chi connectivity index (χ4n) is 3.68. The summed E-state index contributed by atoms with van der Waals surface area (Å²) in [5, 5.41) is 17.4. The Hall–Kier alpha value is -4.86. The maximum absolute atomic E-state index is 13.2. The molecule has 4 N–H and O–H groups in total.